The minimum Gasteiger partial charge on any atom is -0.354 e. The largest absolute Gasteiger partial charge is 0.354 e. The molecule has 1 aromatic rings. The Morgan fingerprint density at radius 3 is 2.83 bits per heavy atom. The third-order valence-electron chi connectivity index (χ3n) is 2.39. The van der Waals surface area contributed by atoms with Gasteiger partial charge < -0.3 is 11.1 Å². The fourth-order valence-corrected chi connectivity index (χ4v) is 2.76. The number of amides is 1. The molecule has 0 aliphatic carbocycles. The van der Waals surface area contributed by atoms with Crippen LogP contribution in [0.15, 0.2) is 17.5 Å². The lowest BCUT2D eigenvalue weighted by atomic mass is 10.2. The molecule has 1 atom stereocenters. The monoisotopic (exact) mass is 290 g/mol. The van der Waals surface area contributed by atoms with Crippen LogP contribution in [0.4, 0.5) is 0 Å². The molecule has 0 radical (unpaired) electrons. The van der Waals surface area contributed by atoms with Crippen molar-refractivity contribution >= 4 is 27.1 Å². The number of carbonyl (C=O) groups is 1. The van der Waals surface area contributed by atoms with Crippen molar-refractivity contribution in [2.75, 3.05) is 18.6 Å². The minimum absolute atomic E-state index is 0.0630. The van der Waals surface area contributed by atoms with Gasteiger partial charge in [0.2, 0.25) is 5.91 Å². The molecule has 0 saturated heterocycles. The van der Waals surface area contributed by atoms with Gasteiger partial charge >= 0.3 is 0 Å². The zero-order valence-corrected chi connectivity index (χ0v) is 11.9. The summed E-state index contributed by atoms with van der Waals surface area (Å²) in [5, 5.41) is 4.69. The zero-order valence-electron chi connectivity index (χ0n) is 10.3. The van der Waals surface area contributed by atoms with E-state index in [-0.39, 0.29) is 18.1 Å². The van der Waals surface area contributed by atoms with E-state index >= 15 is 0 Å². The standard InChI is InChI=1S/C11H18N2O3S2/c1-18(15,16)8-5-10(12)11(14)13-6-4-9-3-2-7-17-9/h2-3,7,10H,4-6,8,12H2,1H3,(H,13,14). The molecular weight excluding hydrogens is 272 g/mol. The van der Waals surface area contributed by atoms with Crippen molar-refractivity contribution in [3.8, 4) is 0 Å². The molecule has 0 aromatic carbocycles. The molecule has 1 rings (SSSR count). The van der Waals surface area contributed by atoms with Crippen LogP contribution in [-0.2, 0) is 21.1 Å². The Morgan fingerprint density at radius 2 is 2.28 bits per heavy atom. The number of hydrogen-bond donors (Lipinski definition) is 2. The summed E-state index contributed by atoms with van der Waals surface area (Å²) in [6.07, 6.45) is 2.06. The number of thiophene rings is 1. The number of sulfone groups is 1. The van der Waals surface area contributed by atoms with Gasteiger partial charge in [0.15, 0.2) is 0 Å². The maximum Gasteiger partial charge on any atom is 0.236 e. The van der Waals surface area contributed by atoms with Crippen molar-refractivity contribution in [3.05, 3.63) is 22.4 Å². The van der Waals surface area contributed by atoms with E-state index in [0.29, 0.717) is 6.54 Å². The maximum atomic E-state index is 11.6. The van der Waals surface area contributed by atoms with Crippen LogP contribution in [0.1, 0.15) is 11.3 Å². The summed E-state index contributed by atoms with van der Waals surface area (Å²) in [5.41, 5.74) is 5.61. The average molecular weight is 290 g/mol. The van der Waals surface area contributed by atoms with Gasteiger partial charge in [0.1, 0.15) is 9.84 Å². The Balaban J connectivity index is 2.23. The lowest BCUT2D eigenvalue weighted by Gasteiger charge is -2.11. The van der Waals surface area contributed by atoms with Crippen LogP contribution in [0, 0.1) is 0 Å². The van der Waals surface area contributed by atoms with Crippen LogP contribution < -0.4 is 11.1 Å². The van der Waals surface area contributed by atoms with Crippen molar-refractivity contribution in [2.24, 2.45) is 5.73 Å². The summed E-state index contributed by atoms with van der Waals surface area (Å²) in [6, 6.07) is 3.20. The highest BCUT2D eigenvalue weighted by atomic mass is 32.2. The average Bonchev–Trinajstić information content (AvgIpc) is 2.77. The highest BCUT2D eigenvalue weighted by Gasteiger charge is 2.15. The summed E-state index contributed by atoms with van der Waals surface area (Å²) < 4.78 is 21.9. The summed E-state index contributed by atoms with van der Waals surface area (Å²) in [5.74, 6) is -0.359. The molecule has 1 unspecified atom stereocenters. The molecule has 3 N–H and O–H groups in total. The van der Waals surface area contributed by atoms with Crippen molar-refractivity contribution in [1.82, 2.24) is 5.32 Å². The van der Waals surface area contributed by atoms with Crippen LogP contribution >= 0.6 is 11.3 Å². The number of hydrogen-bond acceptors (Lipinski definition) is 5. The predicted molar refractivity (Wildman–Crippen MR) is 73.3 cm³/mol. The Hall–Kier alpha value is -0.920. The summed E-state index contributed by atoms with van der Waals surface area (Å²) in [6.45, 7) is 0.520. The fourth-order valence-electron chi connectivity index (χ4n) is 1.37. The number of carbonyl (C=O) groups excluding carboxylic acids is 1. The topological polar surface area (TPSA) is 89.3 Å². The van der Waals surface area contributed by atoms with E-state index in [1.165, 1.54) is 4.88 Å². The minimum atomic E-state index is -3.07. The zero-order chi connectivity index (χ0) is 13.6. The van der Waals surface area contributed by atoms with Crippen LogP contribution in [0.2, 0.25) is 0 Å². The second kappa shape index (κ2) is 6.86. The summed E-state index contributed by atoms with van der Waals surface area (Å²) in [4.78, 5) is 12.8. The number of rotatable bonds is 7. The van der Waals surface area contributed by atoms with Gasteiger partial charge in [0, 0.05) is 17.7 Å². The molecule has 0 fully saturated rings. The van der Waals surface area contributed by atoms with Crippen molar-refractivity contribution in [3.63, 3.8) is 0 Å². The number of nitrogens with one attached hydrogen (secondary N) is 1. The predicted octanol–water partition coefficient (Wildman–Crippen LogP) is 0.169. The summed E-state index contributed by atoms with van der Waals surface area (Å²) in [7, 11) is -3.07. The quantitative estimate of drug-likeness (QED) is 0.749. The molecule has 0 bridgehead atoms. The Kier molecular flexibility index (Phi) is 5.77. The Morgan fingerprint density at radius 1 is 1.56 bits per heavy atom. The molecule has 1 aromatic heterocycles. The van der Waals surface area contributed by atoms with Gasteiger partial charge in [0.25, 0.3) is 0 Å². The first-order valence-corrected chi connectivity index (χ1v) is 8.56. The first-order chi connectivity index (χ1) is 8.38. The highest BCUT2D eigenvalue weighted by molar-refractivity contribution is 7.90. The van der Waals surface area contributed by atoms with Crippen LogP contribution in [0.5, 0.6) is 0 Å². The molecular formula is C11H18N2O3S2. The third-order valence-corrected chi connectivity index (χ3v) is 4.30. The molecule has 1 amide bonds. The molecule has 0 spiro atoms. The molecule has 0 saturated carbocycles. The second-order valence-corrected chi connectivity index (χ2v) is 7.44. The fraction of sp³-hybridized carbons (Fsp3) is 0.545. The van der Waals surface area contributed by atoms with Gasteiger partial charge in [-0.05, 0) is 24.3 Å². The third kappa shape index (κ3) is 6.13. The Bertz CT molecular complexity index is 468. The number of nitrogens with two attached hydrogens (primary N) is 1. The van der Waals surface area contributed by atoms with Gasteiger partial charge in [-0.25, -0.2) is 8.42 Å². The van der Waals surface area contributed by atoms with E-state index in [1.807, 2.05) is 17.5 Å². The molecule has 5 nitrogen and oxygen atoms in total. The van der Waals surface area contributed by atoms with Gasteiger partial charge in [-0.2, -0.15) is 0 Å². The molecule has 102 valence electrons. The van der Waals surface area contributed by atoms with E-state index < -0.39 is 15.9 Å². The highest BCUT2D eigenvalue weighted by Crippen LogP contribution is 2.08. The summed E-state index contributed by atoms with van der Waals surface area (Å²) >= 11 is 1.63. The lowest BCUT2D eigenvalue weighted by molar-refractivity contribution is -0.122. The van der Waals surface area contributed by atoms with E-state index in [9.17, 15) is 13.2 Å². The molecule has 0 aliphatic rings. The second-order valence-electron chi connectivity index (χ2n) is 4.15. The lowest BCUT2D eigenvalue weighted by Crippen LogP contribution is -2.42. The van der Waals surface area contributed by atoms with E-state index in [0.717, 1.165) is 12.7 Å². The van der Waals surface area contributed by atoms with Crippen molar-refractivity contribution < 1.29 is 13.2 Å². The Labute approximate surface area is 111 Å². The van der Waals surface area contributed by atoms with Gasteiger partial charge in [-0.15, -0.1) is 11.3 Å². The van der Waals surface area contributed by atoms with Crippen LogP contribution in [0.3, 0.4) is 0 Å². The van der Waals surface area contributed by atoms with Crippen molar-refractivity contribution in [1.29, 1.82) is 0 Å². The van der Waals surface area contributed by atoms with E-state index in [4.69, 9.17) is 5.73 Å². The van der Waals surface area contributed by atoms with Gasteiger partial charge in [-0.3, -0.25) is 4.79 Å². The molecule has 1 heterocycles. The normalized spacial score (nSPS) is 13.2. The van der Waals surface area contributed by atoms with Gasteiger partial charge in [0.05, 0.1) is 11.8 Å². The van der Waals surface area contributed by atoms with E-state index in [1.54, 1.807) is 11.3 Å². The van der Waals surface area contributed by atoms with Crippen LogP contribution in [-0.4, -0.2) is 38.9 Å². The smallest absolute Gasteiger partial charge is 0.236 e. The molecule has 7 heteroatoms. The van der Waals surface area contributed by atoms with Gasteiger partial charge in [-0.1, -0.05) is 6.07 Å². The molecule has 0 aliphatic heterocycles. The SMILES string of the molecule is CS(=O)(=O)CCC(N)C(=O)NCCc1cccs1. The first-order valence-electron chi connectivity index (χ1n) is 5.62. The molecule has 18 heavy (non-hydrogen) atoms. The first kappa shape index (κ1) is 15.1. The van der Waals surface area contributed by atoms with Crippen LogP contribution in [0.25, 0.3) is 0 Å². The van der Waals surface area contributed by atoms with E-state index in [2.05, 4.69) is 5.32 Å². The maximum absolute atomic E-state index is 11.6. The van der Waals surface area contributed by atoms with Crippen molar-refractivity contribution in [2.45, 2.75) is 18.9 Å².